The van der Waals surface area contributed by atoms with Crippen molar-refractivity contribution < 1.29 is 30.0 Å². The highest BCUT2D eigenvalue weighted by Gasteiger charge is 2.65. The van der Waals surface area contributed by atoms with E-state index < -0.39 is 12.1 Å². The molecular formula is C26H43NO6. The molecule has 33 heavy (non-hydrogen) atoms. The van der Waals surface area contributed by atoms with E-state index in [0.29, 0.717) is 25.2 Å². The second-order valence-electron chi connectivity index (χ2n) is 12.2. The van der Waals surface area contributed by atoms with Gasteiger partial charge >= 0.3 is 5.97 Å². The summed E-state index contributed by atoms with van der Waals surface area (Å²) in [6.07, 6.45) is 5.86. The van der Waals surface area contributed by atoms with E-state index in [1.165, 1.54) is 0 Å². The third-order valence-electron chi connectivity index (χ3n) is 10.8. The summed E-state index contributed by atoms with van der Waals surface area (Å²) in [5.74, 6) is 0.265. The monoisotopic (exact) mass is 465 g/mol. The Morgan fingerprint density at radius 1 is 1.03 bits per heavy atom. The minimum absolute atomic E-state index is 0.0668. The Kier molecular flexibility index (Phi) is 6.89. The van der Waals surface area contributed by atoms with Crippen molar-refractivity contribution in [3.05, 3.63) is 0 Å². The van der Waals surface area contributed by atoms with Crippen LogP contribution in [0.4, 0.5) is 0 Å². The second-order valence-corrected chi connectivity index (χ2v) is 12.2. The van der Waals surface area contributed by atoms with Gasteiger partial charge in [0.2, 0.25) is 5.91 Å². The Hall–Kier alpha value is -1.18. The Morgan fingerprint density at radius 3 is 2.45 bits per heavy atom. The predicted octanol–water partition coefficient (Wildman–Crippen LogP) is 2.56. The minimum atomic E-state index is -1.04. The van der Waals surface area contributed by atoms with Gasteiger partial charge < -0.3 is 25.7 Å². The van der Waals surface area contributed by atoms with Gasteiger partial charge in [0.25, 0.3) is 0 Å². The number of carbonyl (C=O) groups is 2. The van der Waals surface area contributed by atoms with Crippen LogP contribution in [0.3, 0.4) is 0 Å². The van der Waals surface area contributed by atoms with Crippen molar-refractivity contribution in [2.24, 2.45) is 46.3 Å². The van der Waals surface area contributed by atoms with Gasteiger partial charge in [0.05, 0.1) is 18.3 Å². The second kappa shape index (κ2) is 9.12. The molecule has 0 aliphatic heterocycles. The normalized spacial score (nSPS) is 47.7. The van der Waals surface area contributed by atoms with E-state index in [-0.39, 0.29) is 65.1 Å². The Labute approximate surface area is 197 Å². The van der Waals surface area contributed by atoms with Gasteiger partial charge in [-0.1, -0.05) is 20.8 Å². The lowest BCUT2D eigenvalue weighted by Gasteiger charge is -2.63. The molecule has 188 valence electrons. The zero-order valence-corrected chi connectivity index (χ0v) is 20.4. The predicted molar refractivity (Wildman–Crippen MR) is 123 cm³/mol. The lowest BCUT2D eigenvalue weighted by Crippen LogP contribution is -2.62. The van der Waals surface area contributed by atoms with Crippen LogP contribution in [-0.4, -0.2) is 57.2 Å². The van der Waals surface area contributed by atoms with E-state index in [4.69, 9.17) is 5.11 Å². The van der Waals surface area contributed by atoms with E-state index in [2.05, 4.69) is 26.1 Å². The highest BCUT2D eigenvalue weighted by molar-refractivity contribution is 5.81. The van der Waals surface area contributed by atoms with Crippen molar-refractivity contribution in [2.45, 2.75) is 96.9 Å². The third-order valence-corrected chi connectivity index (χ3v) is 10.8. The smallest absolute Gasteiger partial charge is 0.322 e. The van der Waals surface area contributed by atoms with E-state index in [0.717, 1.165) is 38.5 Å². The van der Waals surface area contributed by atoms with Gasteiger partial charge in [-0.05, 0) is 97.7 Å². The molecule has 4 aliphatic carbocycles. The van der Waals surface area contributed by atoms with Crippen molar-refractivity contribution in [3.63, 3.8) is 0 Å². The molecule has 0 aromatic rings. The van der Waals surface area contributed by atoms with E-state index in [9.17, 15) is 24.9 Å². The lowest BCUT2D eigenvalue weighted by atomic mass is 9.43. The minimum Gasteiger partial charge on any atom is -0.480 e. The maximum Gasteiger partial charge on any atom is 0.322 e. The molecule has 0 aromatic heterocycles. The standard InChI is InChI=1S/C26H43NO6/c1-14(4-7-22(31)27-13-23(32)33)17-5-6-18-24-19(12-21(30)26(17,18)3)25(2)9-8-16(28)10-15(25)11-20(24)29/h14-21,24,28-30H,4-13H2,1-3H3,(H,27,31)(H,32,33)/t14-,15-,16+,17+,18-,19-,20-,21-,24-,25+,26-/m1/s1. The Balaban J connectivity index is 1.49. The van der Waals surface area contributed by atoms with Crippen molar-refractivity contribution in [3.8, 4) is 0 Å². The van der Waals surface area contributed by atoms with Crippen molar-refractivity contribution >= 4 is 11.9 Å². The van der Waals surface area contributed by atoms with E-state index in [1.54, 1.807) is 0 Å². The molecule has 0 radical (unpaired) electrons. The molecule has 0 saturated heterocycles. The molecule has 0 aromatic carbocycles. The van der Waals surface area contributed by atoms with Crippen LogP contribution in [0.1, 0.15) is 78.6 Å². The summed E-state index contributed by atoms with van der Waals surface area (Å²) in [7, 11) is 0. The van der Waals surface area contributed by atoms with Crippen LogP contribution in [0.15, 0.2) is 0 Å². The number of aliphatic hydroxyl groups is 3. The van der Waals surface area contributed by atoms with Crippen LogP contribution >= 0.6 is 0 Å². The first-order valence-electron chi connectivity index (χ1n) is 13.0. The van der Waals surface area contributed by atoms with Crippen molar-refractivity contribution in [2.75, 3.05) is 6.54 Å². The number of aliphatic carboxylic acids is 1. The maximum absolute atomic E-state index is 12.0. The molecule has 4 aliphatic rings. The summed E-state index contributed by atoms with van der Waals surface area (Å²) in [6.45, 7) is 6.35. The number of hydrogen-bond acceptors (Lipinski definition) is 5. The molecule has 0 bridgehead atoms. The fourth-order valence-corrected chi connectivity index (χ4v) is 8.95. The molecule has 11 atom stereocenters. The molecule has 0 spiro atoms. The molecule has 4 rings (SSSR count). The summed E-state index contributed by atoms with van der Waals surface area (Å²) in [4.78, 5) is 22.7. The summed E-state index contributed by atoms with van der Waals surface area (Å²) >= 11 is 0. The van der Waals surface area contributed by atoms with Gasteiger partial charge in [-0.15, -0.1) is 0 Å². The molecule has 4 fully saturated rings. The van der Waals surface area contributed by atoms with Gasteiger partial charge in [-0.3, -0.25) is 9.59 Å². The highest BCUT2D eigenvalue weighted by Crippen LogP contribution is 2.68. The summed E-state index contributed by atoms with van der Waals surface area (Å²) in [5.41, 5.74) is -0.214. The van der Waals surface area contributed by atoms with Crippen molar-refractivity contribution in [1.29, 1.82) is 0 Å². The maximum atomic E-state index is 12.0. The van der Waals surface area contributed by atoms with Crippen LogP contribution in [0.2, 0.25) is 0 Å². The summed E-state index contributed by atoms with van der Waals surface area (Å²) in [5, 5.41) is 44.4. The van der Waals surface area contributed by atoms with Gasteiger partial charge in [0.1, 0.15) is 6.54 Å². The lowest BCUT2D eigenvalue weighted by molar-refractivity contribution is -0.207. The molecule has 1 amide bonds. The number of aliphatic hydroxyl groups excluding tert-OH is 3. The number of amides is 1. The quantitative estimate of drug-likeness (QED) is 0.410. The first-order chi connectivity index (χ1) is 15.5. The SMILES string of the molecule is C[C@H](CCC(=O)NCC(=O)O)[C@@H]1CC[C@@H]2[C@H]3[C@H](O)C[C@H]4C[C@@H](O)CC[C@]4(C)[C@@H]3C[C@@H](O)[C@@]21C. The molecule has 5 N–H and O–H groups in total. The number of hydrogen-bond donors (Lipinski definition) is 5. The van der Waals surface area contributed by atoms with Crippen LogP contribution in [0.25, 0.3) is 0 Å². The molecule has 7 heteroatoms. The highest BCUT2D eigenvalue weighted by atomic mass is 16.4. The van der Waals surface area contributed by atoms with Gasteiger partial charge in [0.15, 0.2) is 0 Å². The van der Waals surface area contributed by atoms with E-state index >= 15 is 0 Å². The van der Waals surface area contributed by atoms with Gasteiger partial charge in [-0.25, -0.2) is 0 Å². The Morgan fingerprint density at radius 2 is 1.76 bits per heavy atom. The van der Waals surface area contributed by atoms with Crippen molar-refractivity contribution in [1.82, 2.24) is 5.32 Å². The van der Waals surface area contributed by atoms with E-state index in [1.807, 2.05) is 0 Å². The molecule has 0 unspecified atom stereocenters. The number of carboxylic acid groups (broad SMARTS) is 1. The first-order valence-corrected chi connectivity index (χ1v) is 13.0. The number of carboxylic acids is 1. The fraction of sp³-hybridized carbons (Fsp3) is 0.923. The summed E-state index contributed by atoms with van der Waals surface area (Å²) in [6, 6.07) is 0. The van der Waals surface area contributed by atoms with Gasteiger partial charge in [-0.2, -0.15) is 0 Å². The summed E-state index contributed by atoms with van der Waals surface area (Å²) < 4.78 is 0. The van der Waals surface area contributed by atoms with Crippen LogP contribution in [0.5, 0.6) is 0 Å². The zero-order chi connectivity index (χ0) is 24.1. The van der Waals surface area contributed by atoms with Crippen LogP contribution in [0, 0.1) is 46.3 Å². The topological polar surface area (TPSA) is 127 Å². The Bertz CT molecular complexity index is 759. The zero-order valence-electron chi connectivity index (χ0n) is 20.4. The molecule has 0 heterocycles. The van der Waals surface area contributed by atoms with Gasteiger partial charge in [0, 0.05) is 6.42 Å². The van der Waals surface area contributed by atoms with Crippen LogP contribution in [-0.2, 0) is 9.59 Å². The van der Waals surface area contributed by atoms with Crippen LogP contribution < -0.4 is 5.32 Å². The average molecular weight is 466 g/mol. The fourth-order valence-electron chi connectivity index (χ4n) is 8.95. The number of rotatable bonds is 6. The molecule has 7 nitrogen and oxygen atoms in total. The average Bonchev–Trinajstić information content (AvgIpc) is 3.11. The molecule has 4 saturated carbocycles. The number of fused-ring (bicyclic) bond motifs is 5. The molecular weight excluding hydrogens is 422 g/mol. The number of carbonyl (C=O) groups excluding carboxylic acids is 1. The first kappa shape index (κ1) is 24.9. The third kappa shape index (κ3) is 4.23. The number of nitrogens with one attached hydrogen (secondary N) is 1. The largest absolute Gasteiger partial charge is 0.480 e.